The Balaban J connectivity index is 0.981. The van der Waals surface area contributed by atoms with Crippen molar-refractivity contribution in [1.82, 2.24) is 4.57 Å². The van der Waals surface area contributed by atoms with Crippen molar-refractivity contribution in [2.24, 2.45) is 0 Å². The molecule has 0 fully saturated rings. The number of aromatic nitrogens is 1. The molecule has 12 aromatic carbocycles. The molecule has 0 N–H and O–H groups in total. The number of nitrogens with zero attached hydrogens (tertiary/aromatic N) is 2. The largest absolute Gasteiger partial charge is 0.310 e. The van der Waals surface area contributed by atoms with Crippen LogP contribution >= 0.6 is 0 Å². The first-order chi connectivity index (χ1) is 34.7. The van der Waals surface area contributed by atoms with Crippen molar-refractivity contribution in [2.45, 2.75) is 0 Å². The molecule has 0 spiro atoms. The van der Waals surface area contributed by atoms with Gasteiger partial charge < -0.3 is 9.47 Å². The molecular formula is C68H46N2. The second kappa shape index (κ2) is 17.4. The maximum atomic E-state index is 2.44. The van der Waals surface area contributed by atoms with Crippen LogP contribution in [0.2, 0.25) is 0 Å². The van der Waals surface area contributed by atoms with Gasteiger partial charge >= 0.3 is 0 Å². The molecule has 0 saturated carbocycles. The van der Waals surface area contributed by atoms with E-state index in [4.69, 9.17) is 0 Å². The first kappa shape index (κ1) is 41.0. The highest BCUT2D eigenvalue weighted by Crippen LogP contribution is 2.46. The second-order valence-electron chi connectivity index (χ2n) is 18.0. The van der Waals surface area contributed by atoms with Crippen LogP contribution in [0.4, 0.5) is 17.1 Å². The van der Waals surface area contributed by atoms with Crippen LogP contribution in [-0.2, 0) is 0 Å². The Morgan fingerprint density at radius 2 is 0.671 bits per heavy atom. The van der Waals surface area contributed by atoms with E-state index in [1.807, 2.05) is 0 Å². The minimum atomic E-state index is 1.07. The Kier molecular flexibility index (Phi) is 10.2. The predicted octanol–water partition coefficient (Wildman–Crippen LogP) is 18.9. The van der Waals surface area contributed by atoms with E-state index in [2.05, 4.69) is 289 Å². The van der Waals surface area contributed by atoms with Crippen LogP contribution in [0.15, 0.2) is 279 Å². The van der Waals surface area contributed by atoms with Crippen molar-refractivity contribution in [3.8, 4) is 61.3 Å². The molecule has 1 aromatic heterocycles. The first-order valence-corrected chi connectivity index (χ1v) is 24.1. The van der Waals surface area contributed by atoms with Gasteiger partial charge in [-0.25, -0.2) is 0 Å². The molecule has 328 valence electrons. The van der Waals surface area contributed by atoms with Gasteiger partial charge in [0.1, 0.15) is 0 Å². The van der Waals surface area contributed by atoms with E-state index in [1.165, 1.54) is 76.7 Å². The second-order valence-corrected chi connectivity index (χ2v) is 18.0. The molecule has 0 unspecified atom stereocenters. The SMILES string of the molecule is c1ccc(-c2ccc(-c3ccc(N(c4ccc(-c5ccccc5-n5c6ccccc6c6ccccc65)cc4)c4cc(-c5cc6ccccc6c6ccccc56)ccc4-c4ccccc4)cc3)cc2)cc1. The van der Waals surface area contributed by atoms with Gasteiger partial charge in [0.2, 0.25) is 0 Å². The number of benzene rings is 12. The van der Waals surface area contributed by atoms with Gasteiger partial charge in [-0.05, 0) is 121 Å². The van der Waals surface area contributed by atoms with E-state index in [-0.39, 0.29) is 0 Å². The highest BCUT2D eigenvalue weighted by molar-refractivity contribution is 6.14. The predicted molar refractivity (Wildman–Crippen MR) is 298 cm³/mol. The molecule has 0 saturated heterocycles. The lowest BCUT2D eigenvalue weighted by Crippen LogP contribution is -2.11. The van der Waals surface area contributed by atoms with E-state index >= 15 is 0 Å². The molecule has 0 radical (unpaired) electrons. The summed E-state index contributed by atoms with van der Waals surface area (Å²) >= 11 is 0. The summed E-state index contributed by atoms with van der Waals surface area (Å²) in [4.78, 5) is 2.44. The molecule has 0 atom stereocenters. The lowest BCUT2D eigenvalue weighted by atomic mass is 9.91. The molecule has 0 aliphatic rings. The van der Waals surface area contributed by atoms with Gasteiger partial charge in [0.05, 0.1) is 22.4 Å². The molecule has 1 heterocycles. The van der Waals surface area contributed by atoms with E-state index in [1.54, 1.807) is 0 Å². The highest BCUT2D eigenvalue weighted by Gasteiger charge is 2.21. The van der Waals surface area contributed by atoms with E-state index in [9.17, 15) is 0 Å². The fourth-order valence-corrected chi connectivity index (χ4v) is 10.6. The Morgan fingerprint density at radius 1 is 0.243 bits per heavy atom. The summed E-state index contributed by atoms with van der Waals surface area (Å²) in [6.45, 7) is 0. The normalized spacial score (nSPS) is 11.4. The lowest BCUT2D eigenvalue weighted by Gasteiger charge is -2.29. The van der Waals surface area contributed by atoms with Crippen LogP contribution < -0.4 is 4.90 Å². The molecule has 13 aromatic rings. The Morgan fingerprint density at radius 3 is 1.30 bits per heavy atom. The van der Waals surface area contributed by atoms with Crippen LogP contribution in [-0.4, -0.2) is 4.57 Å². The maximum absolute atomic E-state index is 2.44. The average Bonchev–Trinajstić information content (AvgIpc) is 3.78. The van der Waals surface area contributed by atoms with Crippen LogP contribution in [0.3, 0.4) is 0 Å². The third kappa shape index (κ3) is 7.22. The van der Waals surface area contributed by atoms with Crippen molar-refractivity contribution in [3.05, 3.63) is 279 Å². The van der Waals surface area contributed by atoms with E-state index < -0.39 is 0 Å². The summed E-state index contributed by atoms with van der Waals surface area (Å²) < 4.78 is 2.42. The van der Waals surface area contributed by atoms with E-state index in [0.29, 0.717) is 0 Å². The minimum absolute atomic E-state index is 1.07. The van der Waals surface area contributed by atoms with Crippen molar-refractivity contribution >= 4 is 60.4 Å². The molecular weight excluding hydrogens is 845 g/mol. The molecule has 0 aliphatic heterocycles. The van der Waals surface area contributed by atoms with E-state index in [0.717, 1.165) is 45.0 Å². The molecule has 2 nitrogen and oxygen atoms in total. The zero-order valence-electron chi connectivity index (χ0n) is 38.5. The number of fused-ring (bicyclic) bond motifs is 6. The van der Waals surface area contributed by atoms with Crippen molar-refractivity contribution in [1.29, 1.82) is 0 Å². The fourth-order valence-electron chi connectivity index (χ4n) is 10.6. The fraction of sp³-hybridized carbons (Fsp3) is 0. The Bertz CT molecular complexity index is 3970. The van der Waals surface area contributed by atoms with Gasteiger partial charge in [0, 0.05) is 33.3 Å². The highest BCUT2D eigenvalue weighted by atomic mass is 15.1. The van der Waals surface area contributed by atoms with Gasteiger partial charge in [-0.3, -0.25) is 0 Å². The molecule has 0 aliphatic carbocycles. The number of anilines is 3. The van der Waals surface area contributed by atoms with Gasteiger partial charge in [0.15, 0.2) is 0 Å². The average molecular weight is 891 g/mol. The van der Waals surface area contributed by atoms with Crippen LogP contribution in [0.5, 0.6) is 0 Å². The smallest absolute Gasteiger partial charge is 0.0546 e. The lowest BCUT2D eigenvalue weighted by molar-refractivity contribution is 1.18. The van der Waals surface area contributed by atoms with Crippen LogP contribution in [0, 0.1) is 0 Å². The number of para-hydroxylation sites is 3. The molecule has 0 amide bonds. The third-order valence-electron chi connectivity index (χ3n) is 14.0. The van der Waals surface area contributed by atoms with Crippen molar-refractivity contribution in [3.63, 3.8) is 0 Å². The van der Waals surface area contributed by atoms with Crippen molar-refractivity contribution in [2.75, 3.05) is 4.90 Å². The summed E-state index contributed by atoms with van der Waals surface area (Å²) in [5, 5.41) is 7.49. The summed E-state index contributed by atoms with van der Waals surface area (Å²) in [6, 6.07) is 102. The van der Waals surface area contributed by atoms with Gasteiger partial charge in [-0.15, -0.1) is 0 Å². The zero-order valence-corrected chi connectivity index (χ0v) is 38.5. The molecule has 13 rings (SSSR count). The topological polar surface area (TPSA) is 8.17 Å². The Hall–Kier alpha value is -9.24. The molecule has 70 heavy (non-hydrogen) atoms. The number of hydrogen-bond donors (Lipinski definition) is 0. The summed E-state index contributed by atoms with van der Waals surface area (Å²) in [6.07, 6.45) is 0. The maximum Gasteiger partial charge on any atom is 0.0546 e. The summed E-state index contributed by atoms with van der Waals surface area (Å²) in [7, 11) is 0. The zero-order chi connectivity index (χ0) is 46.4. The molecule has 2 heteroatoms. The van der Waals surface area contributed by atoms with Crippen LogP contribution in [0.1, 0.15) is 0 Å². The van der Waals surface area contributed by atoms with Gasteiger partial charge in [-0.1, -0.05) is 224 Å². The number of hydrogen-bond acceptors (Lipinski definition) is 1. The third-order valence-corrected chi connectivity index (χ3v) is 14.0. The summed E-state index contributed by atoms with van der Waals surface area (Å²) in [5.41, 5.74) is 18.5. The first-order valence-electron chi connectivity index (χ1n) is 24.1. The minimum Gasteiger partial charge on any atom is -0.310 e. The molecule has 0 bridgehead atoms. The monoisotopic (exact) mass is 890 g/mol. The van der Waals surface area contributed by atoms with Gasteiger partial charge in [-0.2, -0.15) is 0 Å². The van der Waals surface area contributed by atoms with Crippen LogP contribution in [0.25, 0.3) is 105 Å². The Labute approximate surface area is 408 Å². The van der Waals surface area contributed by atoms with Gasteiger partial charge in [0.25, 0.3) is 0 Å². The summed E-state index contributed by atoms with van der Waals surface area (Å²) in [5.74, 6) is 0. The number of rotatable bonds is 9. The van der Waals surface area contributed by atoms with Crippen molar-refractivity contribution < 1.29 is 0 Å². The quantitative estimate of drug-likeness (QED) is 0.131. The standard InChI is InChI=1S/C68H46N2/c1-3-17-47(18-4-1)48-31-33-49(34-32-48)50-35-40-55(41-36-50)69(56-42-37-52(38-43-56)58-23-11-14-28-65(58)70-66-29-15-12-26-62(66)63-27-13-16-30-67(63)70)68-46-54(39-44-59(68)51-19-5-2-6-20-51)64-45-53-21-7-8-22-57(53)60-24-9-10-25-61(60)64/h1-46H.